The van der Waals surface area contributed by atoms with E-state index >= 15 is 0 Å². The Labute approximate surface area is 169 Å². The summed E-state index contributed by atoms with van der Waals surface area (Å²) in [5, 5.41) is 3.09. The number of anilines is 1. The van der Waals surface area contributed by atoms with E-state index in [0.717, 1.165) is 47.1 Å². The monoisotopic (exact) mass is 385 g/mol. The maximum atomic E-state index is 12.9. The van der Waals surface area contributed by atoms with Gasteiger partial charge in [-0.15, -0.1) is 0 Å². The van der Waals surface area contributed by atoms with Crippen LogP contribution in [0.15, 0.2) is 59.6 Å². The molecule has 0 aliphatic rings. The largest absolute Gasteiger partial charge is 0.310 e. The Morgan fingerprint density at radius 2 is 1.76 bits per heavy atom. The Hall–Kier alpha value is -3.54. The Bertz CT molecular complexity index is 1190. The van der Waals surface area contributed by atoms with Crippen LogP contribution in [0.1, 0.15) is 35.7 Å². The van der Waals surface area contributed by atoms with Crippen LogP contribution >= 0.6 is 0 Å². The third-order valence-electron chi connectivity index (χ3n) is 4.85. The third kappa shape index (κ3) is 3.61. The zero-order chi connectivity index (χ0) is 20.2. The fourth-order valence-corrected chi connectivity index (χ4v) is 3.41. The number of aryl methyl sites for hydroxylation is 1. The van der Waals surface area contributed by atoms with Gasteiger partial charge in [-0.05, 0) is 30.7 Å². The number of benzene rings is 2. The highest BCUT2D eigenvalue weighted by atomic mass is 16.1. The van der Waals surface area contributed by atoms with Gasteiger partial charge in [-0.3, -0.25) is 9.79 Å². The number of nitrogens with zero attached hydrogens (tertiary/aromatic N) is 4. The van der Waals surface area contributed by atoms with Crippen LogP contribution in [0.5, 0.6) is 0 Å². The van der Waals surface area contributed by atoms with E-state index in [4.69, 9.17) is 9.97 Å². The number of aliphatic imine (C=N–C) groups is 1. The first-order valence-corrected chi connectivity index (χ1v) is 9.80. The number of nitrogens with one attached hydrogen (secondary N) is 1. The number of carbonyl (C=O) groups is 1. The van der Waals surface area contributed by atoms with Crippen LogP contribution < -0.4 is 5.32 Å². The molecule has 2 aromatic heterocycles. The number of unbranched alkanes of at least 4 members (excludes halogenated alkanes) is 1. The fourth-order valence-electron chi connectivity index (χ4n) is 3.41. The second-order valence-electron chi connectivity index (χ2n) is 6.86. The molecular weight excluding hydrogens is 362 g/mol. The van der Waals surface area contributed by atoms with Gasteiger partial charge in [-0.1, -0.05) is 43.7 Å². The number of hydrogen-bond acceptors (Lipinski definition) is 4. The van der Waals surface area contributed by atoms with Crippen LogP contribution in [0, 0.1) is 0 Å². The lowest BCUT2D eigenvalue weighted by Crippen LogP contribution is -2.16. The number of carbonyl (C=O) groups excluding carboxylic acids is 1. The van der Waals surface area contributed by atoms with Crippen LogP contribution in [0.2, 0.25) is 0 Å². The molecular formula is C23H23N5O. The van der Waals surface area contributed by atoms with Crippen LogP contribution in [-0.2, 0) is 6.54 Å². The number of para-hydroxylation sites is 2. The Morgan fingerprint density at radius 3 is 2.45 bits per heavy atom. The second-order valence-corrected chi connectivity index (χ2v) is 6.86. The van der Waals surface area contributed by atoms with Crippen LogP contribution in [0.4, 0.5) is 5.82 Å². The molecule has 2 heterocycles. The summed E-state index contributed by atoms with van der Waals surface area (Å²) >= 11 is 0. The number of rotatable bonds is 6. The van der Waals surface area contributed by atoms with E-state index in [1.54, 1.807) is 25.4 Å². The van der Waals surface area contributed by atoms with Crippen molar-refractivity contribution in [1.29, 1.82) is 0 Å². The van der Waals surface area contributed by atoms with E-state index in [0.29, 0.717) is 11.4 Å². The second kappa shape index (κ2) is 8.22. The smallest absolute Gasteiger partial charge is 0.256 e. The Kier molecular flexibility index (Phi) is 5.33. The third-order valence-corrected chi connectivity index (χ3v) is 4.85. The molecule has 4 aromatic rings. The predicted octanol–water partition coefficient (Wildman–Crippen LogP) is 4.69. The molecule has 0 unspecified atom stereocenters. The van der Waals surface area contributed by atoms with Gasteiger partial charge >= 0.3 is 0 Å². The van der Waals surface area contributed by atoms with Crippen molar-refractivity contribution in [1.82, 2.24) is 14.5 Å². The molecule has 4 rings (SSSR count). The Balaban J connectivity index is 1.93. The molecule has 0 aliphatic heterocycles. The van der Waals surface area contributed by atoms with E-state index in [-0.39, 0.29) is 5.91 Å². The van der Waals surface area contributed by atoms with E-state index in [9.17, 15) is 4.79 Å². The van der Waals surface area contributed by atoms with Crippen LogP contribution in [0.25, 0.3) is 22.2 Å². The van der Waals surface area contributed by atoms with Gasteiger partial charge in [0.2, 0.25) is 0 Å². The summed E-state index contributed by atoms with van der Waals surface area (Å²) in [5.41, 5.74) is 4.53. The van der Waals surface area contributed by atoms with Gasteiger partial charge in [-0.2, -0.15) is 0 Å². The molecule has 1 N–H and O–H groups in total. The van der Waals surface area contributed by atoms with E-state index in [2.05, 4.69) is 21.8 Å². The van der Waals surface area contributed by atoms with Crippen molar-refractivity contribution >= 4 is 40.1 Å². The molecule has 0 aliphatic carbocycles. The summed E-state index contributed by atoms with van der Waals surface area (Å²) < 4.78 is 2.05. The summed E-state index contributed by atoms with van der Waals surface area (Å²) in [6.07, 6.45) is 3.74. The molecule has 1 amide bonds. The normalized spacial score (nSPS) is 11.5. The van der Waals surface area contributed by atoms with Gasteiger partial charge in [0.25, 0.3) is 5.91 Å². The summed E-state index contributed by atoms with van der Waals surface area (Å²) in [4.78, 5) is 26.8. The van der Waals surface area contributed by atoms with Crippen molar-refractivity contribution in [2.75, 3.05) is 12.4 Å². The molecule has 0 saturated carbocycles. The highest BCUT2D eigenvalue weighted by molar-refractivity contribution is 6.11. The predicted molar refractivity (Wildman–Crippen MR) is 118 cm³/mol. The van der Waals surface area contributed by atoms with Crippen molar-refractivity contribution in [3.8, 4) is 0 Å². The van der Waals surface area contributed by atoms with E-state index in [1.165, 1.54) is 0 Å². The highest BCUT2D eigenvalue weighted by Crippen LogP contribution is 2.29. The number of hydrogen-bond donors (Lipinski definition) is 1. The van der Waals surface area contributed by atoms with Crippen molar-refractivity contribution in [2.24, 2.45) is 4.99 Å². The quantitative estimate of drug-likeness (QED) is 0.490. The molecule has 0 fully saturated rings. The SMILES string of the molecule is CCCCn1c(NC(=O)c2ccccc2)c(C=NC)c2nc3ccccc3nc21. The van der Waals surface area contributed by atoms with Gasteiger partial charge in [0.1, 0.15) is 11.3 Å². The molecule has 29 heavy (non-hydrogen) atoms. The van der Waals surface area contributed by atoms with Gasteiger partial charge < -0.3 is 9.88 Å². The molecule has 0 bridgehead atoms. The lowest BCUT2D eigenvalue weighted by molar-refractivity contribution is 0.102. The minimum Gasteiger partial charge on any atom is -0.310 e. The standard InChI is InChI=1S/C23H23N5O/c1-3-4-14-28-21(27-23(29)16-10-6-5-7-11-16)17(15-24-2)20-22(28)26-19-13-9-8-12-18(19)25-20/h5-13,15H,3-4,14H2,1-2H3,(H,27,29). The lowest BCUT2D eigenvalue weighted by atomic mass is 10.2. The van der Waals surface area contributed by atoms with Gasteiger partial charge in [-0.25, -0.2) is 9.97 Å². The van der Waals surface area contributed by atoms with Gasteiger partial charge in [0.15, 0.2) is 5.65 Å². The minimum atomic E-state index is -0.165. The van der Waals surface area contributed by atoms with Gasteiger partial charge in [0, 0.05) is 25.4 Å². The summed E-state index contributed by atoms with van der Waals surface area (Å²) in [5.74, 6) is 0.518. The van der Waals surface area contributed by atoms with Crippen molar-refractivity contribution in [3.05, 3.63) is 65.7 Å². The first-order chi connectivity index (χ1) is 14.2. The zero-order valence-corrected chi connectivity index (χ0v) is 16.6. The summed E-state index contributed by atoms with van der Waals surface area (Å²) in [6.45, 7) is 2.88. The summed E-state index contributed by atoms with van der Waals surface area (Å²) in [7, 11) is 1.71. The van der Waals surface area contributed by atoms with E-state index < -0.39 is 0 Å². The maximum Gasteiger partial charge on any atom is 0.256 e. The van der Waals surface area contributed by atoms with Gasteiger partial charge in [0.05, 0.1) is 16.6 Å². The minimum absolute atomic E-state index is 0.165. The van der Waals surface area contributed by atoms with Crippen molar-refractivity contribution in [3.63, 3.8) is 0 Å². The topological polar surface area (TPSA) is 72.2 Å². The molecule has 6 heteroatoms. The molecule has 0 spiro atoms. The molecule has 2 aromatic carbocycles. The zero-order valence-electron chi connectivity index (χ0n) is 16.6. The first kappa shape index (κ1) is 18.8. The molecule has 0 atom stereocenters. The first-order valence-electron chi connectivity index (χ1n) is 9.80. The van der Waals surface area contributed by atoms with Crippen molar-refractivity contribution < 1.29 is 4.79 Å². The lowest BCUT2D eigenvalue weighted by Gasteiger charge is -2.12. The van der Waals surface area contributed by atoms with Crippen LogP contribution in [-0.4, -0.2) is 33.7 Å². The number of aromatic nitrogens is 3. The molecule has 0 radical (unpaired) electrons. The van der Waals surface area contributed by atoms with Crippen molar-refractivity contribution in [2.45, 2.75) is 26.3 Å². The molecule has 6 nitrogen and oxygen atoms in total. The van der Waals surface area contributed by atoms with E-state index in [1.807, 2.05) is 42.5 Å². The number of fused-ring (bicyclic) bond motifs is 2. The average molecular weight is 385 g/mol. The Morgan fingerprint density at radius 1 is 1.07 bits per heavy atom. The maximum absolute atomic E-state index is 12.9. The average Bonchev–Trinajstić information content (AvgIpc) is 3.03. The van der Waals surface area contributed by atoms with Crippen LogP contribution in [0.3, 0.4) is 0 Å². The number of amides is 1. The fraction of sp³-hybridized carbons (Fsp3) is 0.217. The molecule has 146 valence electrons. The summed E-state index contributed by atoms with van der Waals surface area (Å²) in [6, 6.07) is 17.0. The molecule has 0 saturated heterocycles. The highest BCUT2D eigenvalue weighted by Gasteiger charge is 2.21.